The maximum atomic E-state index is 5.87. The molecule has 0 aliphatic heterocycles. The van der Waals surface area contributed by atoms with Gasteiger partial charge in [-0.15, -0.1) is 0 Å². The molecular formula is C19H22N4O. The average Bonchev–Trinajstić information content (AvgIpc) is 2.61. The molecule has 0 saturated heterocycles. The van der Waals surface area contributed by atoms with Crippen molar-refractivity contribution < 1.29 is 4.74 Å². The monoisotopic (exact) mass is 322 g/mol. The summed E-state index contributed by atoms with van der Waals surface area (Å²) in [6, 6.07) is 13.9. The third-order valence-corrected chi connectivity index (χ3v) is 3.74. The Morgan fingerprint density at radius 1 is 1.12 bits per heavy atom. The highest BCUT2D eigenvalue weighted by Crippen LogP contribution is 2.21. The second kappa shape index (κ2) is 7.64. The molecule has 24 heavy (non-hydrogen) atoms. The van der Waals surface area contributed by atoms with Gasteiger partial charge in [0.15, 0.2) is 0 Å². The standard InChI is InChI=1S/C19H22N4O/c1-2-10-24-16-5-3-4-14(11-16)8-9-21-19-17-12-15(20)6-7-18(17)22-13-23-19/h3-7,11-13H,2,8-10,20H2,1H3,(H,21,22,23). The van der Waals surface area contributed by atoms with E-state index in [-0.39, 0.29) is 0 Å². The van der Waals surface area contributed by atoms with Crippen molar-refractivity contribution in [1.29, 1.82) is 0 Å². The van der Waals surface area contributed by atoms with E-state index in [4.69, 9.17) is 10.5 Å². The zero-order valence-electron chi connectivity index (χ0n) is 13.8. The summed E-state index contributed by atoms with van der Waals surface area (Å²) in [5, 5.41) is 4.32. The van der Waals surface area contributed by atoms with Gasteiger partial charge in [0.2, 0.25) is 0 Å². The van der Waals surface area contributed by atoms with Crippen molar-refractivity contribution in [2.45, 2.75) is 19.8 Å². The molecule has 0 aliphatic carbocycles. The van der Waals surface area contributed by atoms with Crippen LogP contribution < -0.4 is 15.8 Å². The van der Waals surface area contributed by atoms with E-state index in [1.54, 1.807) is 6.33 Å². The van der Waals surface area contributed by atoms with Gasteiger partial charge < -0.3 is 15.8 Å². The average molecular weight is 322 g/mol. The molecule has 0 atom stereocenters. The quantitative estimate of drug-likeness (QED) is 0.650. The van der Waals surface area contributed by atoms with Gasteiger partial charge >= 0.3 is 0 Å². The number of nitrogens with two attached hydrogens (primary N) is 1. The summed E-state index contributed by atoms with van der Waals surface area (Å²) in [7, 11) is 0. The Hall–Kier alpha value is -2.82. The molecule has 5 nitrogen and oxygen atoms in total. The molecule has 0 amide bonds. The molecular weight excluding hydrogens is 300 g/mol. The molecule has 5 heteroatoms. The van der Waals surface area contributed by atoms with Crippen LogP contribution in [0.1, 0.15) is 18.9 Å². The minimum Gasteiger partial charge on any atom is -0.494 e. The van der Waals surface area contributed by atoms with Crippen molar-refractivity contribution in [2.24, 2.45) is 0 Å². The van der Waals surface area contributed by atoms with E-state index in [1.807, 2.05) is 30.3 Å². The summed E-state index contributed by atoms with van der Waals surface area (Å²) in [5.41, 5.74) is 8.70. The highest BCUT2D eigenvalue weighted by atomic mass is 16.5. The van der Waals surface area contributed by atoms with Gasteiger partial charge in [-0.25, -0.2) is 9.97 Å². The van der Waals surface area contributed by atoms with Crippen molar-refractivity contribution >= 4 is 22.4 Å². The van der Waals surface area contributed by atoms with E-state index < -0.39 is 0 Å². The highest BCUT2D eigenvalue weighted by Gasteiger charge is 2.04. The van der Waals surface area contributed by atoms with E-state index in [0.717, 1.165) is 48.5 Å². The number of nitrogen functional groups attached to an aromatic ring is 1. The molecule has 0 bridgehead atoms. The Kier molecular flexibility index (Phi) is 5.11. The number of ether oxygens (including phenoxy) is 1. The van der Waals surface area contributed by atoms with Crippen LogP contribution in [-0.2, 0) is 6.42 Å². The van der Waals surface area contributed by atoms with Crippen molar-refractivity contribution in [3.63, 3.8) is 0 Å². The molecule has 0 radical (unpaired) electrons. The van der Waals surface area contributed by atoms with E-state index in [2.05, 4.69) is 34.3 Å². The predicted octanol–water partition coefficient (Wildman–Crippen LogP) is 3.66. The third-order valence-electron chi connectivity index (χ3n) is 3.74. The van der Waals surface area contributed by atoms with Gasteiger partial charge in [-0.3, -0.25) is 0 Å². The zero-order valence-corrected chi connectivity index (χ0v) is 13.8. The first-order valence-corrected chi connectivity index (χ1v) is 8.22. The number of benzene rings is 2. The van der Waals surface area contributed by atoms with Crippen LogP contribution in [0.5, 0.6) is 5.75 Å². The first-order chi connectivity index (χ1) is 11.8. The Morgan fingerprint density at radius 2 is 2.04 bits per heavy atom. The highest BCUT2D eigenvalue weighted by molar-refractivity contribution is 5.91. The number of hydrogen-bond acceptors (Lipinski definition) is 5. The molecule has 2 aromatic carbocycles. The summed E-state index contributed by atoms with van der Waals surface area (Å²) in [4.78, 5) is 8.60. The summed E-state index contributed by atoms with van der Waals surface area (Å²) < 4.78 is 5.68. The maximum Gasteiger partial charge on any atom is 0.137 e. The third kappa shape index (κ3) is 3.93. The van der Waals surface area contributed by atoms with Crippen LogP contribution in [-0.4, -0.2) is 23.1 Å². The number of anilines is 2. The first-order valence-electron chi connectivity index (χ1n) is 8.22. The summed E-state index contributed by atoms with van der Waals surface area (Å²) in [6.07, 6.45) is 3.47. The van der Waals surface area contributed by atoms with Gasteiger partial charge in [0.25, 0.3) is 0 Å². The topological polar surface area (TPSA) is 73.1 Å². The summed E-state index contributed by atoms with van der Waals surface area (Å²) in [5.74, 6) is 1.74. The maximum absolute atomic E-state index is 5.87. The van der Waals surface area contributed by atoms with Crippen LogP contribution in [0.3, 0.4) is 0 Å². The van der Waals surface area contributed by atoms with E-state index >= 15 is 0 Å². The van der Waals surface area contributed by atoms with Gasteiger partial charge in [0, 0.05) is 17.6 Å². The van der Waals surface area contributed by atoms with Crippen LogP contribution >= 0.6 is 0 Å². The smallest absolute Gasteiger partial charge is 0.137 e. The normalized spacial score (nSPS) is 10.7. The fraction of sp³-hybridized carbons (Fsp3) is 0.263. The van der Waals surface area contributed by atoms with Gasteiger partial charge in [-0.05, 0) is 48.7 Å². The molecule has 3 N–H and O–H groups in total. The molecule has 0 unspecified atom stereocenters. The molecule has 0 fully saturated rings. The van der Waals surface area contributed by atoms with Crippen molar-refractivity contribution in [1.82, 2.24) is 9.97 Å². The lowest BCUT2D eigenvalue weighted by Gasteiger charge is -2.10. The number of hydrogen-bond donors (Lipinski definition) is 2. The van der Waals surface area contributed by atoms with Crippen LogP contribution in [0.25, 0.3) is 10.9 Å². The van der Waals surface area contributed by atoms with Crippen molar-refractivity contribution in [3.05, 3.63) is 54.4 Å². The molecule has 0 saturated carbocycles. The zero-order chi connectivity index (χ0) is 16.8. The Bertz CT molecular complexity index is 819. The number of nitrogens with zero attached hydrogens (tertiary/aromatic N) is 2. The number of rotatable bonds is 7. The van der Waals surface area contributed by atoms with E-state index in [0.29, 0.717) is 5.69 Å². The minimum absolute atomic E-state index is 0.709. The SMILES string of the molecule is CCCOc1cccc(CCNc2ncnc3ccc(N)cc23)c1. The van der Waals surface area contributed by atoms with E-state index in [1.165, 1.54) is 5.56 Å². The molecule has 3 rings (SSSR count). The lowest BCUT2D eigenvalue weighted by Crippen LogP contribution is -2.07. The summed E-state index contributed by atoms with van der Waals surface area (Å²) in [6.45, 7) is 3.63. The van der Waals surface area contributed by atoms with Crippen LogP contribution in [0.4, 0.5) is 11.5 Å². The molecule has 1 aromatic heterocycles. The minimum atomic E-state index is 0.709. The number of nitrogens with one attached hydrogen (secondary N) is 1. The summed E-state index contributed by atoms with van der Waals surface area (Å²) >= 11 is 0. The Labute approximate surface area is 141 Å². The Balaban J connectivity index is 1.65. The fourth-order valence-corrected chi connectivity index (χ4v) is 2.55. The predicted molar refractivity (Wildman–Crippen MR) is 98.4 cm³/mol. The molecule has 0 spiro atoms. The van der Waals surface area contributed by atoms with E-state index in [9.17, 15) is 0 Å². The second-order valence-electron chi connectivity index (χ2n) is 5.67. The largest absolute Gasteiger partial charge is 0.494 e. The van der Waals surface area contributed by atoms with Gasteiger partial charge in [0.05, 0.1) is 12.1 Å². The first kappa shape index (κ1) is 16.1. The molecule has 124 valence electrons. The van der Waals surface area contributed by atoms with Crippen LogP contribution in [0, 0.1) is 0 Å². The van der Waals surface area contributed by atoms with Crippen LogP contribution in [0.2, 0.25) is 0 Å². The molecule has 0 aliphatic rings. The lowest BCUT2D eigenvalue weighted by atomic mass is 10.1. The Morgan fingerprint density at radius 3 is 2.92 bits per heavy atom. The lowest BCUT2D eigenvalue weighted by molar-refractivity contribution is 0.317. The molecule has 1 heterocycles. The fourth-order valence-electron chi connectivity index (χ4n) is 2.55. The number of aromatic nitrogens is 2. The van der Waals surface area contributed by atoms with Gasteiger partial charge in [-0.1, -0.05) is 19.1 Å². The second-order valence-corrected chi connectivity index (χ2v) is 5.67. The van der Waals surface area contributed by atoms with Crippen LogP contribution in [0.15, 0.2) is 48.8 Å². The van der Waals surface area contributed by atoms with Crippen molar-refractivity contribution in [3.8, 4) is 5.75 Å². The van der Waals surface area contributed by atoms with Crippen molar-refractivity contribution in [2.75, 3.05) is 24.2 Å². The number of fused-ring (bicyclic) bond motifs is 1. The molecule has 3 aromatic rings. The van der Waals surface area contributed by atoms with Gasteiger partial charge in [-0.2, -0.15) is 0 Å². The van der Waals surface area contributed by atoms with Gasteiger partial charge in [0.1, 0.15) is 17.9 Å².